The number of rotatable bonds is 6. The molecule has 1 aromatic carbocycles. The Morgan fingerprint density at radius 3 is 2.35 bits per heavy atom. The van der Waals surface area contributed by atoms with Gasteiger partial charge in [-0.25, -0.2) is 0 Å². The van der Waals surface area contributed by atoms with E-state index in [4.69, 9.17) is 5.73 Å². The van der Waals surface area contributed by atoms with Crippen molar-refractivity contribution in [1.82, 2.24) is 10.2 Å². The molecule has 0 unspecified atom stereocenters. The summed E-state index contributed by atoms with van der Waals surface area (Å²) in [6.07, 6.45) is 4.73. The summed E-state index contributed by atoms with van der Waals surface area (Å²) >= 11 is 0. The lowest BCUT2D eigenvalue weighted by Gasteiger charge is -2.36. The average Bonchev–Trinajstić information content (AvgIpc) is 3.13. The number of carbonyl (C=O) groups is 2. The second-order valence-electron chi connectivity index (χ2n) is 7.43. The fourth-order valence-electron chi connectivity index (χ4n) is 3.86. The largest absolute Gasteiger partial charge is 0.368 e. The Labute approximate surface area is 155 Å². The van der Waals surface area contributed by atoms with Crippen LogP contribution in [0.5, 0.6) is 0 Å². The number of hydrogen-bond acceptors (Lipinski definition) is 4. The van der Waals surface area contributed by atoms with Gasteiger partial charge in [-0.15, -0.1) is 0 Å². The molecule has 1 aliphatic heterocycles. The highest BCUT2D eigenvalue weighted by atomic mass is 16.2. The summed E-state index contributed by atoms with van der Waals surface area (Å²) in [5.74, 6) is 0.120. The van der Waals surface area contributed by atoms with Gasteiger partial charge >= 0.3 is 0 Å². The monoisotopic (exact) mass is 358 g/mol. The van der Waals surface area contributed by atoms with Crippen molar-refractivity contribution in [3.8, 4) is 0 Å². The third-order valence-corrected chi connectivity index (χ3v) is 5.55. The van der Waals surface area contributed by atoms with Gasteiger partial charge in [-0.3, -0.25) is 9.59 Å². The highest BCUT2D eigenvalue weighted by Crippen LogP contribution is 2.27. The maximum Gasteiger partial charge on any atom is 0.240 e. The lowest BCUT2D eigenvalue weighted by molar-refractivity contribution is -0.132. The van der Waals surface area contributed by atoms with E-state index in [2.05, 4.69) is 22.3 Å². The minimum absolute atomic E-state index is 0.0566. The van der Waals surface area contributed by atoms with Gasteiger partial charge in [-0.05, 0) is 31.4 Å². The van der Waals surface area contributed by atoms with Gasteiger partial charge in [-0.2, -0.15) is 0 Å². The maximum atomic E-state index is 12.4. The number of nitrogens with zero attached hydrogens (tertiary/aromatic N) is 2. The molecule has 1 aliphatic carbocycles. The van der Waals surface area contributed by atoms with Crippen LogP contribution in [0.4, 0.5) is 5.69 Å². The topological polar surface area (TPSA) is 78.7 Å². The number of para-hydroxylation sites is 1. The first-order valence-electron chi connectivity index (χ1n) is 9.73. The highest BCUT2D eigenvalue weighted by Gasteiger charge is 2.36. The molecule has 6 heteroatoms. The van der Waals surface area contributed by atoms with Crippen LogP contribution in [-0.2, 0) is 9.59 Å². The van der Waals surface area contributed by atoms with Crippen LogP contribution in [0.25, 0.3) is 0 Å². The molecule has 2 amide bonds. The lowest BCUT2D eigenvalue weighted by atomic mass is 9.98. The lowest BCUT2D eigenvalue weighted by Crippen LogP contribution is -2.52. The van der Waals surface area contributed by atoms with Gasteiger partial charge in [0.25, 0.3) is 0 Å². The maximum absolute atomic E-state index is 12.4. The number of benzene rings is 1. The van der Waals surface area contributed by atoms with Gasteiger partial charge in [0, 0.05) is 44.8 Å². The van der Waals surface area contributed by atoms with Crippen molar-refractivity contribution in [2.24, 2.45) is 5.73 Å². The van der Waals surface area contributed by atoms with E-state index in [9.17, 15) is 9.59 Å². The molecule has 0 aromatic heterocycles. The molecule has 0 atom stereocenters. The number of carbonyl (C=O) groups excluding carboxylic acids is 2. The van der Waals surface area contributed by atoms with E-state index in [-0.39, 0.29) is 11.8 Å². The van der Waals surface area contributed by atoms with Crippen molar-refractivity contribution in [3.63, 3.8) is 0 Å². The highest BCUT2D eigenvalue weighted by molar-refractivity contribution is 5.86. The van der Waals surface area contributed by atoms with E-state index in [0.717, 1.165) is 51.9 Å². The predicted molar refractivity (Wildman–Crippen MR) is 103 cm³/mol. The van der Waals surface area contributed by atoms with Crippen LogP contribution in [0, 0.1) is 0 Å². The van der Waals surface area contributed by atoms with Crippen LogP contribution in [0.2, 0.25) is 0 Å². The zero-order chi connectivity index (χ0) is 18.4. The summed E-state index contributed by atoms with van der Waals surface area (Å²) in [7, 11) is 0. The van der Waals surface area contributed by atoms with Crippen molar-refractivity contribution in [2.75, 3.05) is 37.6 Å². The SMILES string of the molecule is NC1(C(=O)NCCCC(=O)N2CCN(c3ccccc3)CC2)CCCC1. The van der Waals surface area contributed by atoms with Crippen molar-refractivity contribution >= 4 is 17.5 Å². The molecular weight excluding hydrogens is 328 g/mol. The van der Waals surface area contributed by atoms with Crippen molar-refractivity contribution < 1.29 is 9.59 Å². The summed E-state index contributed by atoms with van der Waals surface area (Å²) < 4.78 is 0. The van der Waals surface area contributed by atoms with E-state index in [1.165, 1.54) is 5.69 Å². The fourth-order valence-corrected chi connectivity index (χ4v) is 3.86. The van der Waals surface area contributed by atoms with E-state index in [1.54, 1.807) is 0 Å². The molecule has 2 fully saturated rings. The van der Waals surface area contributed by atoms with E-state index < -0.39 is 5.54 Å². The Balaban J connectivity index is 1.34. The number of piperazine rings is 1. The molecule has 1 heterocycles. The number of hydrogen-bond donors (Lipinski definition) is 2. The quantitative estimate of drug-likeness (QED) is 0.756. The fraction of sp³-hybridized carbons (Fsp3) is 0.600. The number of nitrogens with one attached hydrogen (secondary N) is 1. The van der Waals surface area contributed by atoms with Crippen molar-refractivity contribution in [3.05, 3.63) is 30.3 Å². The Hall–Kier alpha value is -2.08. The first kappa shape index (κ1) is 18.7. The van der Waals surface area contributed by atoms with Gasteiger partial charge in [0.2, 0.25) is 11.8 Å². The van der Waals surface area contributed by atoms with Gasteiger partial charge in [0.15, 0.2) is 0 Å². The first-order chi connectivity index (χ1) is 12.6. The minimum atomic E-state index is -0.683. The summed E-state index contributed by atoms with van der Waals surface area (Å²) in [5.41, 5.74) is 6.66. The molecule has 1 aromatic rings. The molecule has 2 aliphatic rings. The van der Waals surface area contributed by atoms with Gasteiger partial charge in [0.1, 0.15) is 0 Å². The normalized spacial score (nSPS) is 19.4. The van der Waals surface area contributed by atoms with E-state index in [0.29, 0.717) is 19.4 Å². The van der Waals surface area contributed by atoms with Crippen molar-refractivity contribution in [1.29, 1.82) is 0 Å². The number of nitrogens with two attached hydrogens (primary N) is 1. The smallest absolute Gasteiger partial charge is 0.240 e. The Morgan fingerprint density at radius 2 is 1.69 bits per heavy atom. The third kappa shape index (κ3) is 4.55. The summed E-state index contributed by atoms with van der Waals surface area (Å²) in [6, 6.07) is 10.3. The Morgan fingerprint density at radius 1 is 1.04 bits per heavy atom. The van der Waals surface area contributed by atoms with Crippen LogP contribution >= 0.6 is 0 Å². The molecule has 1 saturated carbocycles. The standard InChI is InChI=1S/C20H30N4O2/c21-20(10-4-5-11-20)19(26)22-12-6-9-18(25)24-15-13-23(14-16-24)17-7-2-1-3-8-17/h1-3,7-8H,4-6,9-16,21H2,(H,22,26). The molecule has 3 rings (SSSR count). The third-order valence-electron chi connectivity index (χ3n) is 5.55. The molecule has 6 nitrogen and oxygen atoms in total. The van der Waals surface area contributed by atoms with Crippen LogP contribution < -0.4 is 16.0 Å². The zero-order valence-corrected chi connectivity index (χ0v) is 15.5. The van der Waals surface area contributed by atoms with Crippen LogP contribution in [-0.4, -0.2) is 55.0 Å². The molecule has 1 saturated heterocycles. The van der Waals surface area contributed by atoms with E-state index in [1.807, 2.05) is 23.1 Å². The van der Waals surface area contributed by atoms with Crippen LogP contribution in [0.3, 0.4) is 0 Å². The molecular formula is C20H30N4O2. The average molecular weight is 358 g/mol. The summed E-state index contributed by atoms with van der Waals surface area (Å²) in [6.45, 7) is 3.76. The predicted octanol–water partition coefficient (Wildman–Crippen LogP) is 1.50. The molecule has 0 bridgehead atoms. The summed E-state index contributed by atoms with van der Waals surface area (Å²) in [5, 5.41) is 2.91. The molecule has 142 valence electrons. The van der Waals surface area contributed by atoms with Gasteiger partial charge in [0.05, 0.1) is 5.54 Å². The Kier molecular flexibility index (Phi) is 6.14. The Bertz CT molecular complexity index is 605. The zero-order valence-electron chi connectivity index (χ0n) is 15.5. The van der Waals surface area contributed by atoms with Gasteiger partial charge in [-0.1, -0.05) is 31.0 Å². The number of amides is 2. The molecule has 3 N–H and O–H groups in total. The van der Waals surface area contributed by atoms with Crippen LogP contribution in [0.15, 0.2) is 30.3 Å². The minimum Gasteiger partial charge on any atom is -0.368 e. The van der Waals surface area contributed by atoms with Gasteiger partial charge < -0.3 is 20.9 Å². The van der Waals surface area contributed by atoms with E-state index >= 15 is 0 Å². The first-order valence-corrected chi connectivity index (χ1v) is 9.73. The molecule has 0 radical (unpaired) electrons. The van der Waals surface area contributed by atoms with Crippen LogP contribution in [0.1, 0.15) is 38.5 Å². The second-order valence-corrected chi connectivity index (χ2v) is 7.43. The second kappa shape index (κ2) is 8.54. The number of anilines is 1. The molecule has 0 spiro atoms. The molecule has 26 heavy (non-hydrogen) atoms. The summed E-state index contributed by atoms with van der Waals surface area (Å²) in [4.78, 5) is 28.8. The van der Waals surface area contributed by atoms with Crippen molar-refractivity contribution in [2.45, 2.75) is 44.1 Å².